The second-order valence-electron chi connectivity index (χ2n) is 10.2. The van der Waals surface area contributed by atoms with Crippen molar-refractivity contribution in [2.75, 3.05) is 24.6 Å². The number of hydrogen-bond donors (Lipinski definition) is 0. The van der Waals surface area contributed by atoms with Crippen molar-refractivity contribution in [1.29, 1.82) is 0 Å². The van der Waals surface area contributed by atoms with Gasteiger partial charge in [-0.1, -0.05) is 42.5 Å². The van der Waals surface area contributed by atoms with Crippen LogP contribution in [0.4, 0.5) is 5.69 Å². The molecule has 1 saturated carbocycles. The molecule has 2 fully saturated rings. The molecule has 2 aliphatic heterocycles. The zero-order valence-corrected chi connectivity index (χ0v) is 18.6. The molecular formula is C29H35NO. The topological polar surface area (TPSA) is 12.5 Å². The molecule has 2 aromatic carbocycles. The molecule has 162 valence electrons. The predicted octanol–water partition coefficient (Wildman–Crippen LogP) is 6.85. The maximum Gasteiger partial charge on any atom is 0.122 e. The van der Waals surface area contributed by atoms with Crippen LogP contribution in [0.2, 0.25) is 0 Å². The van der Waals surface area contributed by atoms with E-state index < -0.39 is 0 Å². The van der Waals surface area contributed by atoms with Gasteiger partial charge in [0.1, 0.15) is 5.75 Å². The normalized spacial score (nSPS) is 28.1. The van der Waals surface area contributed by atoms with Crippen LogP contribution in [0.3, 0.4) is 0 Å². The van der Waals surface area contributed by atoms with Crippen LogP contribution in [-0.2, 0) is 6.42 Å². The molecule has 2 heteroatoms. The number of anilines is 1. The van der Waals surface area contributed by atoms with Crippen LogP contribution in [0.15, 0.2) is 48.5 Å². The third-order valence-corrected chi connectivity index (χ3v) is 8.72. The van der Waals surface area contributed by atoms with Gasteiger partial charge in [-0.2, -0.15) is 0 Å². The summed E-state index contributed by atoms with van der Waals surface area (Å²) in [5.41, 5.74) is 6.02. The van der Waals surface area contributed by atoms with Gasteiger partial charge in [0, 0.05) is 30.3 Å². The fraction of sp³-hybridized carbons (Fsp3) is 0.517. The summed E-state index contributed by atoms with van der Waals surface area (Å²) in [5.74, 6) is 4.48. The number of piperidine rings is 1. The number of nitrogens with zero attached hydrogens (tertiary/aromatic N) is 1. The zero-order chi connectivity index (χ0) is 20.6. The van der Waals surface area contributed by atoms with Crippen LogP contribution in [0.25, 0.3) is 6.08 Å². The van der Waals surface area contributed by atoms with E-state index in [0.717, 1.165) is 30.1 Å². The van der Waals surface area contributed by atoms with E-state index in [9.17, 15) is 0 Å². The summed E-state index contributed by atoms with van der Waals surface area (Å²) in [6, 6.07) is 15.6. The Morgan fingerprint density at radius 3 is 2.42 bits per heavy atom. The number of benzene rings is 2. The molecule has 2 aromatic rings. The van der Waals surface area contributed by atoms with Crippen LogP contribution in [-0.4, -0.2) is 19.7 Å². The third-order valence-electron chi connectivity index (χ3n) is 8.72. The molecule has 6 rings (SSSR count). The van der Waals surface area contributed by atoms with Crippen molar-refractivity contribution in [1.82, 2.24) is 0 Å². The Kier molecular flexibility index (Phi) is 5.26. The average Bonchev–Trinajstić information content (AvgIpc) is 3.28. The van der Waals surface area contributed by atoms with Crippen molar-refractivity contribution in [2.45, 2.75) is 57.3 Å². The van der Waals surface area contributed by atoms with Gasteiger partial charge >= 0.3 is 0 Å². The highest BCUT2D eigenvalue weighted by Crippen LogP contribution is 2.47. The Labute approximate surface area is 187 Å². The second kappa shape index (κ2) is 8.37. The predicted molar refractivity (Wildman–Crippen MR) is 129 cm³/mol. The Morgan fingerprint density at radius 2 is 1.55 bits per heavy atom. The second-order valence-corrected chi connectivity index (χ2v) is 10.2. The van der Waals surface area contributed by atoms with E-state index >= 15 is 0 Å². The van der Waals surface area contributed by atoms with Crippen LogP contribution >= 0.6 is 0 Å². The molecular weight excluding hydrogens is 378 g/mol. The zero-order valence-electron chi connectivity index (χ0n) is 18.6. The van der Waals surface area contributed by atoms with E-state index in [1.54, 1.807) is 5.56 Å². The van der Waals surface area contributed by atoms with Crippen molar-refractivity contribution in [3.8, 4) is 5.75 Å². The summed E-state index contributed by atoms with van der Waals surface area (Å²) in [5, 5.41) is 0. The molecule has 0 bridgehead atoms. The molecule has 0 N–H and O–H groups in total. The molecule has 1 saturated heterocycles. The first kappa shape index (κ1) is 19.5. The van der Waals surface area contributed by atoms with Gasteiger partial charge in [0.2, 0.25) is 0 Å². The quantitative estimate of drug-likeness (QED) is 0.546. The fourth-order valence-electron chi connectivity index (χ4n) is 6.96. The monoisotopic (exact) mass is 413 g/mol. The van der Waals surface area contributed by atoms with Gasteiger partial charge in [0.25, 0.3) is 0 Å². The van der Waals surface area contributed by atoms with Gasteiger partial charge in [-0.15, -0.1) is 0 Å². The van der Waals surface area contributed by atoms with E-state index in [2.05, 4.69) is 59.5 Å². The molecule has 2 nitrogen and oxygen atoms in total. The SMILES string of the molecule is C1=Cc2cccc(N3CCC(C4CCC(C5COc6ccccc65)CC4)CC3)c2CC1. The van der Waals surface area contributed by atoms with Crippen molar-refractivity contribution >= 4 is 11.8 Å². The maximum atomic E-state index is 5.99. The molecule has 1 atom stereocenters. The van der Waals surface area contributed by atoms with Gasteiger partial charge in [-0.25, -0.2) is 0 Å². The van der Waals surface area contributed by atoms with E-state index in [4.69, 9.17) is 4.74 Å². The Balaban J connectivity index is 1.05. The molecule has 0 amide bonds. The van der Waals surface area contributed by atoms with E-state index in [0.29, 0.717) is 5.92 Å². The lowest BCUT2D eigenvalue weighted by atomic mass is 9.69. The Bertz CT molecular complexity index is 947. The highest BCUT2D eigenvalue weighted by molar-refractivity contribution is 5.67. The van der Waals surface area contributed by atoms with Crippen molar-refractivity contribution in [3.05, 3.63) is 65.2 Å². The van der Waals surface area contributed by atoms with Crippen molar-refractivity contribution in [2.24, 2.45) is 17.8 Å². The minimum absolute atomic E-state index is 0.636. The van der Waals surface area contributed by atoms with E-state index in [1.807, 2.05) is 0 Å². The lowest BCUT2D eigenvalue weighted by molar-refractivity contribution is 0.157. The van der Waals surface area contributed by atoms with Gasteiger partial charge in [-0.05, 0) is 92.4 Å². The van der Waals surface area contributed by atoms with Crippen LogP contribution in [0, 0.1) is 17.8 Å². The molecule has 31 heavy (non-hydrogen) atoms. The maximum absolute atomic E-state index is 5.99. The third kappa shape index (κ3) is 3.69. The average molecular weight is 414 g/mol. The van der Waals surface area contributed by atoms with Gasteiger partial charge in [-0.3, -0.25) is 0 Å². The van der Waals surface area contributed by atoms with Gasteiger partial charge in [0.05, 0.1) is 6.61 Å². The molecule has 0 spiro atoms. The van der Waals surface area contributed by atoms with E-state index in [-0.39, 0.29) is 0 Å². The minimum Gasteiger partial charge on any atom is -0.493 e. The molecule has 0 radical (unpaired) electrons. The first-order chi connectivity index (χ1) is 15.4. The highest BCUT2D eigenvalue weighted by atomic mass is 16.5. The molecule has 2 aliphatic carbocycles. The Hall–Kier alpha value is -2.22. The number of ether oxygens (including phenoxy) is 1. The van der Waals surface area contributed by atoms with E-state index in [1.165, 1.54) is 81.3 Å². The standard InChI is InChI=1S/C29H35NO/c1-2-8-25-23(6-1)7-5-10-28(25)30-18-16-22(17-19-30)21-12-14-24(15-13-21)27-20-31-29-11-4-3-9-26(27)29/h1,3-7,9-11,21-22,24,27H,2,8,12-20H2. The highest BCUT2D eigenvalue weighted by Gasteiger charge is 2.36. The van der Waals surface area contributed by atoms with Crippen LogP contribution < -0.4 is 9.64 Å². The number of para-hydroxylation sites is 1. The molecule has 1 unspecified atom stereocenters. The lowest BCUT2D eigenvalue weighted by Crippen LogP contribution is -2.38. The summed E-state index contributed by atoms with van der Waals surface area (Å²) in [4.78, 5) is 2.69. The summed E-state index contributed by atoms with van der Waals surface area (Å²) >= 11 is 0. The number of allylic oxidation sites excluding steroid dienone is 1. The van der Waals surface area contributed by atoms with Gasteiger partial charge in [0.15, 0.2) is 0 Å². The first-order valence-corrected chi connectivity index (χ1v) is 12.6. The van der Waals surface area contributed by atoms with Crippen molar-refractivity contribution in [3.63, 3.8) is 0 Å². The van der Waals surface area contributed by atoms with Crippen LogP contribution in [0.5, 0.6) is 5.75 Å². The summed E-state index contributed by atoms with van der Waals surface area (Å²) in [6.07, 6.45) is 15.5. The van der Waals surface area contributed by atoms with Crippen LogP contribution in [0.1, 0.15) is 67.6 Å². The fourth-order valence-corrected chi connectivity index (χ4v) is 6.96. The van der Waals surface area contributed by atoms with Crippen molar-refractivity contribution < 1.29 is 4.74 Å². The first-order valence-electron chi connectivity index (χ1n) is 12.6. The molecule has 2 heterocycles. The summed E-state index contributed by atoms with van der Waals surface area (Å²) in [7, 11) is 0. The molecule has 0 aromatic heterocycles. The lowest BCUT2D eigenvalue weighted by Gasteiger charge is -2.41. The Morgan fingerprint density at radius 1 is 0.774 bits per heavy atom. The minimum atomic E-state index is 0.636. The number of hydrogen-bond acceptors (Lipinski definition) is 2. The smallest absolute Gasteiger partial charge is 0.122 e. The number of rotatable bonds is 3. The van der Waals surface area contributed by atoms with Gasteiger partial charge < -0.3 is 9.64 Å². The summed E-state index contributed by atoms with van der Waals surface area (Å²) < 4.78 is 5.99. The largest absolute Gasteiger partial charge is 0.493 e. The summed E-state index contributed by atoms with van der Waals surface area (Å²) in [6.45, 7) is 3.40. The number of fused-ring (bicyclic) bond motifs is 2. The molecule has 4 aliphatic rings.